The zero-order valence-corrected chi connectivity index (χ0v) is 11.9. The number of nitriles is 1. The molecule has 0 radical (unpaired) electrons. The molecule has 1 aromatic carbocycles. The molecule has 0 saturated heterocycles. The Balaban J connectivity index is 2.25. The molecule has 2 aromatic rings. The van der Waals surface area contributed by atoms with E-state index >= 15 is 0 Å². The SMILES string of the molecule is CC(C)(C#N)CNC(c1ccccc1)c1ccccn1. The second kappa shape index (κ2) is 6.31. The van der Waals surface area contributed by atoms with Crippen molar-refractivity contribution in [3.63, 3.8) is 0 Å². The summed E-state index contributed by atoms with van der Waals surface area (Å²) >= 11 is 0. The Kier molecular flexibility index (Phi) is 4.49. The lowest BCUT2D eigenvalue weighted by molar-refractivity contribution is 0.421. The second-order valence-electron chi connectivity index (χ2n) is 5.47. The zero-order valence-electron chi connectivity index (χ0n) is 11.9. The molecular formula is C17H19N3. The molecule has 1 N–H and O–H groups in total. The maximum absolute atomic E-state index is 9.14. The third-order valence-corrected chi connectivity index (χ3v) is 3.17. The van der Waals surface area contributed by atoms with E-state index in [4.69, 9.17) is 5.26 Å². The van der Waals surface area contributed by atoms with Gasteiger partial charge in [-0.05, 0) is 31.5 Å². The van der Waals surface area contributed by atoms with Gasteiger partial charge in [-0.3, -0.25) is 4.98 Å². The molecule has 0 fully saturated rings. The van der Waals surface area contributed by atoms with Crippen LogP contribution in [0.3, 0.4) is 0 Å². The number of pyridine rings is 1. The summed E-state index contributed by atoms with van der Waals surface area (Å²) in [6, 6.07) is 18.4. The second-order valence-corrected chi connectivity index (χ2v) is 5.47. The molecular weight excluding hydrogens is 246 g/mol. The lowest BCUT2D eigenvalue weighted by atomic mass is 9.94. The van der Waals surface area contributed by atoms with Crippen LogP contribution in [0.15, 0.2) is 54.7 Å². The number of nitrogens with one attached hydrogen (secondary N) is 1. The molecule has 20 heavy (non-hydrogen) atoms. The summed E-state index contributed by atoms with van der Waals surface area (Å²) in [6.07, 6.45) is 1.79. The van der Waals surface area contributed by atoms with E-state index in [1.54, 1.807) is 6.20 Å². The van der Waals surface area contributed by atoms with Gasteiger partial charge in [0, 0.05) is 12.7 Å². The van der Waals surface area contributed by atoms with Crippen LogP contribution >= 0.6 is 0 Å². The van der Waals surface area contributed by atoms with Gasteiger partial charge in [-0.25, -0.2) is 0 Å². The minimum atomic E-state index is -0.401. The topological polar surface area (TPSA) is 48.7 Å². The first-order valence-corrected chi connectivity index (χ1v) is 6.73. The number of nitrogens with zero attached hydrogens (tertiary/aromatic N) is 2. The normalized spacial score (nSPS) is 12.7. The van der Waals surface area contributed by atoms with Crippen molar-refractivity contribution in [2.75, 3.05) is 6.54 Å². The molecule has 0 spiro atoms. The van der Waals surface area contributed by atoms with E-state index in [-0.39, 0.29) is 6.04 Å². The molecule has 0 saturated carbocycles. The standard InChI is InChI=1S/C17H19N3/c1-17(2,12-18)13-20-16(14-8-4-3-5-9-14)15-10-6-7-11-19-15/h3-11,16,20H,13H2,1-2H3. The van der Waals surface area contributed by atoms with Crippen molar-refractivity contribution < 1.29 is 0 Å². The molecule has 2 rings (SSSR count). The quantitative estimate of drug-likeness (QED) is 0.902. The Morgan fingerprint density at radius 3 is 2.45 bits per heavy atom. The van der Waals surface area contributed by atoms with Gasteiger partial charge in [0.25, 0.3) is 0 Å². The van der Waals surface area contributed by atoms with Crippen LogP contribution in [0.4, 0.5) is 0 Å². The molecule has 3 nitrogen and oxygen atoms in total. The van der Waals surface area contributed by atoms with E-state index in [0.717, 1.165) is 11.3 Å². The van der Waals surface area contributed by atoms with E-state index in [1.165, 1.54) is 0 Å². The average Bonchev–Trinajstić information content (AvgIpc) is 2.49. The Labute approximate surface area is 120 Å². The van der Waals surface area contributed by atoms with E-state index < -0.39 is 5.41 Å². The fourth-order valence-electron chi connectivity index (χ4n) is 1.98. The smallest absolute Gasteiger partial charge is 0.0751 e. The first-order chi connectivity index (χ1) is 9.62. The Hall–Kier alpha value is -2.18. The number of aromatic nitrogens is 1. The zero-order chi connectivity index (χ0) is 14.4. The molecule has 102 valence electrons. The van der Waals surface area contributed by atoms with Gasteiger partial charge in [0.05, 0.1) is 23.2 Å². The van der Waals surface area contributed by atoms with Crippen molar-refractivity contribution in [2.45, 2.75) is 19.9 Å². The van der Waals surface area contributed by atoms with Gasteiger partial charge in [0.1, 0.15) is 0 Å². The maximum atomic E-state index is 9.14. The molecule has 0 aliphatic heterocycles. The average molecular weight is 265 g/mol. The van der Waals surface area contributed by atoms with E-state index in [1.807, 2.05) is 50.2 Å². The summed E-state index contributed by atoms with van der Waals surface area (Å²) in [5.41, 5.74) is 1.72. The summed E-state index contributed by atoms with van der Waals surface area (Å²) in [6.45, 7) is 4.47. The third-order valence-electron chi connectivity index (χ3n) is 3.17. The number of benzene rings is 1. The third kappa shape index (κ3) is 3.66. The van der Waals surface area contributed by atoms with Gasteiger partial charge in [-0.15, -0.1) is 0 Å². The highest BCUT2D eigenvalue weighted by atomic mass is 14.9. The van der Waals surface area contributed by atoms with Crippen LogP contribution in [0.2, 0.25) is 0 Å². The molecule has 1 atom stereocenters. The van der Waals surface area contributed by atoms with Crippen molar-refractivity contribution in [1.82, 2.24) is 10.3 Å². The van der Waals surface area contributed by atoms with Gasteiger partial charge in [0.2, 0.25) is 0 Å². The van der Waals surface area contributed by atoms with Crippen molar-refractivity contribution >= 4 is 0 Å². The molecule has 3 heteroatoms. The predicted molar refractivity (Wildman–Crippen MR) is 79.9 cm³/mol. The lowest BCUT2D eigenvalue weighted by Crippen LogP contribution is -2.32. The van der Waals surface area contributed by atoms with Gasteiger partial charge in [-0.2, -0.15) is 5.26 Å². The van der Waals surface area contributed by atoms with E-state index in [9.17, 15) is 0 Å². The summed E-state index contributed by atoms with van der Waals surface area (Å²) in [7, 11) is 0. The molecule has 1 aromatic heterocycles. The first-order valence-electron chi connectivity index (χ1n) is 6.73. The van der Waals surface area contributed by atoms with Crippen LogP contribution < -0.4 is 5.32 Å². The van der Waals surface area contributed by atoms with Crippen LogP contribution in [-0.2, 0) is 0 Å². The van der Waals surface area contributed by atoms with Crippen molar-refractivity contribution in [2.24, 2.45) is 5.41 Å². The maximum Gasteiger partial charge on any atom is 0.0751 e. The largest absolute Gasteiger partial charge is 0.303 e. The van der Waals surface area contributed by atoms with Crippen LogP contribution in [0, 0.1) is 16.7 Å². The molecule has 0 aliphatic rings. The van der Waals surface area contributed by atoms with Gasteiger partial charge >= 0.3 is 0 Å². The van der Waals surface area contributed by atoms with Crippen LogP contribution in [0.5, 0.6) is 0 Å². The highest BCUT2D eigenvalue weighted by molar-refractivity contribution is 5.27. The highest BCUT2D eigenvalue weighted by Crippen LogP contribution is 2.22. The Morgan fingerprint density at radius 2 is 1.85 bits per heavy atom. The molecule has 1 heterocycles. The lowest BCUT2D eigenvalue weighted by Gasteiger charge is -2.23. The monoisotopic (exact) mass is 265 g/mol. The van der Waals surface area contributed by atoms with Crippen LogP contribution in [0.25, 0.3) is 0 Å². The van der Waals surface area contributed by atoms with Gasteiger partial charge in [-0.1, -0.05) is 36.4 Å². The Morgan fingerprint density at radius 1 is 1.15 bits per heavy atom. The molecule has 0 amide bonds. The summed E-state index contributed by atoms with van der Waals surface area (Å²) < 4.78 is 0. The van der Waals surface area contributed by atoms with E-state index in [2.05, 4.69) is 28.5 Å². The summed E-state index contributed by atoms with van der Waals surface area (Å²) in [4.78, 5) is 4.44. The molecule has 0 bridgehead atoms. The molecule has 1 unspecified atom stereocenters. The number of hydrogen-bond donors (Lipinski definition) is 1. The fourth-order valence-corrected chi connectivity index (χ4v) is 1.98. The van der Waals surface area contributed by atoms with Crippen molar-refractivity contribution in [3.05, 3.63) is 66.0 Å². The first kappa shape index (κ1) is 14.2. The number of hydrogen-bond acceptors (Lipinski definition) is 3. The summed E-state index contributed by atoms with van der Waals surface area (Å²) in [5, 5.41) is 12.6. The molecule has 0 aliphatic carbocycles. The predicted octanol–water partition coefficient (Wildman–Crippen LogP) is 3.31. The fraction of sp³-hybridized carbons (Fsp3) is 0.294. The van der Waals surface area contributed by atoms with Gasteiger partial charge in [0.15, 0.2) is 0 Å². The number of rotatable bonds is 5. The minimum Gasteiger partial charge on any atom is -0.303 e. The van der Waals surface area contributed by atoms with Crippen molar-refractivity contribution in [1.29, 1.82) is 5.26 Å². The van der Waals surface area contributed by atoms with Gasteiger partial charge < -0.3 is 5.32 Å². The highest BCUT2D eigenvalue weighted by Gasteiger charge is 2.21. The van der Waals surface area contributed by atoms with Crippen LogP contribution in [0.1, 0.15) is 31.1 Å². The minimum absolute atomic E-state index is 0.00465. The summed E-state index contributed by atoms with van der Waals surface area (Å²) in [5.74, 6) is 0. The van der Waals surface area contributed by atoms with E-state index in [0.29, 0.717) is 6.54 Å². The van der Waals surface area contributed by atoms with Crippen molar-refractivity contribution in [3.8, 4) is 6.07 Å². The Bertz CT molecular complexity index is 531. The van der Waals surface area contributed by atoms with Crippen LogP contribution in [-0.4, -0.2) is 11.5 Å².